The lowest BCUT2D eigenvalue weighted by Crippen LogP contribution is -2.44. The maximum absolute atomic E-state index is 16.9. The molecule has 0 N–H and O–H groups in total. The van der Waals surface area contributed by atoms with Crippen molar-refractivity contribution in [2.75, 3.05) is 38.2 Å². The fourth-order valence-corrected chi connectivity index (χ4v) is 7.91. The molecule has 3 fully saturated rings. The molecule has 11 heteroatoms. The number of nitrogens with zero attached hydrogens (tertiary/aromatic N) is 6. The smallest absolute Gasteiger partial charge is 0.319 e. The molecule has 2 aromatic heterocycles. The summed E-state index contributed by atoms with van der Waals surface area (Å²) in [5, 5.41) is 1.36. The zero-order chi connectivity index (χ0) is 33.7. The predicted octanol–water partition coefficient (Wildman–Crippen LogP) is 6.19. The summed E-state index contributed by atoms with van der Waals surface area (Å²) in [4.78, 5) is 32.3. The molecule has 2 aromatic carbocycles. The molecule has 3 saturated heterocycles. The number of carbonyl (C=O) groups excluding carboxylic acids is 1. The van der Waals surface area contributed by atoms with Crippen LogP contribution in [-0.2, 0) is 4.79 Å². The number of likely N-dealkylation sites (N-methyl/N-ethyl adjacent to an activating group) is 1. The number of hydrogen-bond acceptors (Lipinski definition) is 7. The number of hydrogen-bond donors (Lipinski definition) is 0. The van der Waals surface area contributed by atoms with Crippen LogP contribution in [0.5, 0.6) is 6.01 Å². The van der Waals surface area contributed by atoms with Crippen LogP contribution >= 0.6 is 0 Å². The lowest BCUT2D eigenvalue weighted by molar-refractivity contribution is -0.126. The quantitative estimate of drug-likeness (QED) is 0.174. The Morgan fingerprint density at radius 3 is 2.85 bits per heavy atom. The number of aromatic nitrogens is 3. The zero-order valence-corrected chi connectivity index (χ0v) is 26.8. The molecular weight excluding hydrogens is 617 g/mol. The number of rotatable bonds is 7. The first-order valence-corrected chi connectivity index (χ1v) is 16.1. The Labute approximate surface area is 276 Å². The summed E-state index contributed by atoms with van der Waals surface area (Å²) in [6.07, 6.45) is 12.2. The highest BCUT2D eigenvalue weighted by molar-refractivity contribution is 6.02. The normalized spacial score (nSPS) is 23.2. The van der Waals surface area contributed by atoms with Crippen LogP contribution in [0.4, 0.5) is 19.0 Å². The van der Waals surface area contributed by atoms with Crippen LogP contribution in [0.2, 0.25) is 0 Å². The van der Waals surface area contributed by atoms with Crippen molar-refractivity contribution >= 4 is 33.4 Å². The summed E-state index contributed by atoms with van der Waals surface area (Å²) < 4.78 is 51.6. The van der Waals surface area contributed by atoms with Gasteiger partial charge in [-0.3, -0.25) is 14.7 Å². The first-order valence-electron chi connectivity index (χ1n) is 16.1. The molecule has 0 aliphatic carbocycles. The summed E-state index contributed by atoms with van der Waals surface area (Å²) >= 11 is 0. The van der Waals surface area contributed by atoms with Gasteiger partial charge in [-0.25, -0.2) is 13.2 Å². The summed E-state index contributed by atoms with van der Waals surface area (Å²) in [6, 6.07) is 7.68. The third-order valence-electron chi connectivity index (χ3n) is 10.4. The minimum absolute atomic E-state index is 0.0176. The number of benzene rings is 2. The van der Waals surface area contributed by atoms with Crippen molar-refractivity contribution in [3.63, 3.8) is 0 Å². The molecule has 48 heavy (non-hydrogen) atoms. The van der Waals surface area contributed by atoms with Crippen molar-refractivity contribution in [2.24, 2.45) is 0 Å². The van der Waals surface area contributed by atoms with E-state index in [0.717, 1.165) is 19.4 Å². The van der Waals surface area contributed by atoms with Gasteiger partial charge in [0.05, 0.1) is 28.9 Å². The molecular formula is C37H35F3N6O2. The van der Waals surface area contributed by atoms with Crippen LogP contribution in [0.25, 0.3) is 32.9 Å². The number of ether oxygens (including phenoxy) is 1. The summed E-state index contributed by atoms with van der Waals surface area (Å²) in [6.45, 7) is 7.70. The fraction of sp³-hybridized carbons (Fsp3) is 0.351. The van der Waals surface area contributed by atoms with Gasteiger partial charge in [-0.05, 0) is 62.3 Å². The first-order chi connectivity index (χ1) is 23.2. The zero-order valence-electron chi connectivity index (χ0n) is 26.8. The lowest BCUT2D eigenvalue weighted by Gasteiger charge is -2.32. The Bertz CT molecular complexity index is 2040. The maximum Gasteiger partial charge on any atom is 0.319 e. The molecule has 3 aliphatic heterocycles. The van der Waals surface area contributed by atoms with Crippen molar-refractivity contribution in [3.05, 3.63) is 78.3 Å². The molecule has 0 radical (unpaired) electrons. The second kappa shape index (κ2) is 12.3. The van der Waals surface area contributed by atoms with Gasteiger partial charge in [0.25, 0.3) is 0 Å². The molecule has 4 aromatic rings. The van der Waals surface area contributed by atoms with Crippen LogP contribution in [0.15, 0.2) is 61.1 Å². The van der Waals surface area contributed by atoms with Crippen molar-refractivity contribution in [2.45, 2.75) is 50.2 Å². The maximum atomic E-state index is 16.9. The van der Waals surface area contributed by atoms with E-state index in [1.165, 1.54) is 18.3 Å². The van der Waals surface area contributed by atoms with E-state index < -0.39 is 17.2 Å². The highest BCUT2D eigenvalue weighted by Crippen LogP contribution is 2.42. The van der Waals surface area contributed by atoms with Crippen LogP contribution in [-0.4, -0.2) is 81.6 Å². The monoisotopic (exact) mass is 652 g/mol. The molecule has 246 valence electrons. The number of likely N-dealkylation sites (tertiary alicyclic amines) is 1. The van der Waals surface area contributed by atoms with Crippen LogP contribution in [0, 0.1) is 24.0 Å². The second-order valence-corrected chi connectivity index (χ2v) is 12.9. The minimum atomic E-state index is -0.735. The van der Waals surface area contributed by atoms with Crippen LogP contribution in [0.1, 0.15) is 38.2 Å². The van der Waals surface area contributed by atoms with Gasteiger partial charge in [0.1, 0.15) is 29.5 Å². The van der Waals surface area contributed by atoms with Gasteiger partial charge in [-0.2, -0.15) is 9.97 Å². The van der Waals surface area contributed by atoms with Crippen molar-refractivity contribution in [1.29, 1.82) is 0 Å². The number of pyridine rings is 1. The Balaban J connectivity index is 1.35. The standard InChI is InChI=1S/C37H35F3N6O2/c1-5-25-28(39)12-11-24-9-7-10-26(31(24)25)33-32(40)34-27(19-41-33)35(44(4)29-13-16-46(22(29)3)30(47)6-2)43-36(42-34)48-21-37-14-8-15-45(37)20-23(17-37)18-38/h1,6-7,9-12,18-19,22,29H,2,8,13-17,20-21H2,3-4H3/b23-18+/t22-,29-,37-/m1/s1. The third kappa shape index (κ3) is 5.06. The van der Waals surface area contributed by atoms with E-state index in [1.54, 1.807) is 29.2 Å². The van der Waals surface area contributed by atoms with Gasteiger partial charge in [0.2, 0.25) is 5.91 Å². The third-order valence-corrected chi connectivity index (χ3v) is 10.4. The molecule has 5 heterocycles. The van der Waals surface area contributed by atoms with E-state index in [-0.39, 0.29) is 47.4 Å². The molecule has 3 aliphatic rings. The van der Waals surface area contributed by atoms with E-state index >= 15 is 4.39 Å². The van der Waals surface area contributed by atoms with Crippen molar-refractivity contribution < 1.29 is 22.7 Å². The van der Waals surface area contributed by atoms with Gasteiger partial charge in [-0.1, -0.05) is 36.8 Å². The molecule has 0 unspecified atom stereocenters. The number of fused-ring (bicyclic) bond motifs is 3. The highest BCUT2D eigenvalue weighted by atomic mass is 19.1. The van der Waals surface area contributed by atoms with Gasteiger partial charge < -0.3 is 14.5 Å². The summed E-state index contributed by atoms with van der Waals surface area (Å²) in [5.41, 5.74) is 0.600. The van der Waals surface area contributed by atoms with Crippen molar-refractivity contribution in [1.82, 2.24) is 24.8 Å². The summed E-state index contributed by atoms with van der Waals surface area (Å²) in [5.74, 6) is 1.32. The van der Waals surface area contributed by atoms with Crippen LogP contribution in [0.3, 0.4) is 0 Å². The largest absolute Gasteiger partial charge is 0.461 e. The first kappa shape index (κ1) is 31.6. The Hall–Kier alpha value is -4.95. The van der Waals surface area contributed by atoms with E-state index in [2.05, 4.69) is 27.4 Å². The average molecular weight is 653 g/mol. The summed E-state index contributed by atoms with van der Waals surface area (Å²) in [7, 11) is 1.85. The Morgan fingerprint density at radius 2 is 2.08 bits per heavy atom. The number of anilines is 1. The van der Waals surface area contributed by atoms with E-state index in [1.807, 2.05) is 18.9 Å². The lowest BCUT2D eigenvalue weighted by atomic mass is 9.94. The molecule has 0 bridgehead atoms. The predicted molar refractivity (Wildman–Crippen MR) is 179 cm³/mol. The average Bonchev–Trinajstić information content (AvgIpc) is 3.78. The SMILES string of the molecule is C#Cc1c(F)ccc2cccc(-c3ncc4c(N(C)[C@@H]5CCN(C(=O)C=C)[C@@H]5C)nc(OC[C@]56CCCN5C/C(=C/F)C6)nc4c3F)c12. The van der Waals surface area contributed by atoms with Gasteiger partial charge >= 0.3 is 6.01 Å². The molecule has 8 nitrogen and oxygen atoms in total. The topological polar surface area (TPSA) is 74.7 Å². The number of amides is 1. The molecule has 7 rings (SSSR count). The van der Waals surface area contributed by atoms with E-state index in [0.29, 0.717) is 65.4 Å². The van der Waals surface area contributed by atoms with E-state index in [4.69, 9.17) is 16.1 Å². The van der Waals surface area contributed by atoms with Crippen molar-refractivity contribution in [3.8, 4) is 29.6 Å². The van der Waals surface area contributed by atoms with Crippen LogP contribution < -0.4 is 9.64 Å². The molecule has 1 amide bonds. The second-order valence-electron chi connectivity index (χ2n) is 12.9. The Kier molecular flexibility index (Phi) is 8.08. The number of carbonyl (C=O) groups is 1. The van der Waals surface area contributed by atoms with Gasteiger partial charge in [-0.15, -0.1) is 6.42 Å². The van der Waals surface area contributed by atoms with E-state index in [9.17, 15) is 13.6 Å². The Morgan fingerprint density at radius 1 is 1.25 bits per heavy atom. The molecule has 3 atom stereocenters. The number of halogens is 3. The molecule has 0 saturated carbocycles. The fourth-order valence-electron chi connectivity index (χ4n) is 7.91. The van der Waals surface area contributed by atoms with Gasteiger partial charge in [0.15, 0.2) is 5.82 Å². The van der Waals surface area contributed by atoms with Gasteiger partial charge in [0, 0.05) is 43.3 Å². The minimum Gasteiger partial charge on any atom is -0.461 e. The number of terminal acetylenes is 1. The highest BCUT2D eigenvalue weighted by Gasteiger charge is 2.47. The molecule has 0 spiro atoms.